The molecule has 8 nitrogen and oxygen atoms in total. The maximum absolute atomic E-state index is 12.9. The van der Waals surface area contributed by atoms with E-state index < -0.39 is 5.54 Å². The molecule has 32 heavy (non-hydrogen) atoms. The number of aromatic nitrogens is 2. The second-order valence-corrected chi connectivity index (χ2v) is 9.21. The van der Waals surface area contributed by atoms with Gasteiger partial charge in [-0.25, -0.2) is 9.78 Å². The maximum atomic E-state index is 12.9. The van der Waals surface area contributed by atoms with E-state index in [-0.39, 0.29) is 17.7 Å². The van der Waals surface area contributed by atoms with Gasteiger partial charge < -0.3 is 24.9 Å². The lowest BCUT2D eigenvalue weighted by Crippen LogP contribution is -2.52. The van der Waals surface area contributed by atoms with Gasteiger partial charge in [0, 0.05) is 23.7 Å². The van der Waals surface area contributed by atoms with E-state index in [1.807, 2.05) is 25.5 Å². The number of aryl methyl sites for hydroxylation is 1. The van der Waals surface area contributed by atoms with Gasteiger partial charge in [-0.3, -0.25) is 4.79 Å². The van der Waals surface area contributed by atoms with Crippen LogP contribution >= 0.6 is 11.6 Å². The number of anilines is 1. The lowest BCUT2D eigenvalue weighted by Gasteiger charge is -2.42. The number of furan rings is 1. The van der Waals surface area contributed by atoms with Crippen molar-refractivity contribution in [1.82, 2.24) is 20.2 Å². The smallest absolute Gasteiger partial charge is 0.319 e. The van der Waals surface area contributed by atoms with Crippen LogP contribution in [0.1, 0.15) is 65.4 Å². The van der Waals surface area contributed by atoms with E-state index in [9.17, 15) is 9.59 Å². The molecule has 1 aliphatic heterocycles. The van der Waals surface area contributed by atoms with Gasteiger partial charge in [0.1, 0.15) is 11.4 Å². The van der Waals surface area contributed by atoms with E-state index in [1.54, 1.807) is 12.1 Å². The molecule has 0 atom stereocenters. The number of rotatable bonds is 3. The predicted molar refractivity (Wildman–Crippen MR) is 122 cm³/mol. The molecular weight excluding hydrogens is 430 g/mol. The molecule has 5 rings (SSSR count). The summed E-state index contributed by atoms with van der Waals surface area (Å²) in [5.41, 5.74) is 3.47. The molecular formula is C23H26ClN5O3. The van der Waals surface area contributed by atoms with Crippen LogP contribution in [0.3, 0.4) is 0 Å². The molecule has 3 amide bonds. The topological polar surface area (TPSA) is 101 Å². The minimum Gasteiger partial charge on any atom is -0.450 e. The zero-order chi connectivity index (χ0) is 22.6. The van der Waals surface area contributed by atoms with Crippen molar-refractivity contribution in [2.24, 2.45) is 7.05 Å². The minimum absolute atomic E-state index is 0.204. The molecule has 3 aromatic rings. The highest BCUT2D eigenvalue weighted by atomic mass is 35.5. The number of carbonyl (C=O) groups is 2. The molecule has 0 bridgehead atoms. The van der Waals surface area contributed by atoms with Crippen molar-refractivity contribution in [1.29, 1.82) is 0 Å². The molecule has 1 fully saturated rings. The third-order valence-corrected chi connectivity index (χ3v) is 7.18. The number of benzene rings is 1. The van der Waals surface area contributed by atoms with Gasteiger partial charge in [0.25, 0.3) is 5.91 Å². The van der Waals surface area contributed by atoms with E-state index >= 15 is 0 Å². The van der Waals surface area contributed by atoms with Crippen LogP contribution in [0.4, 0.5) is 10.5 Å². The number of nitrogens with one attached hydrogen (secondary N) is 3. The van der Waals surface area contributed by atoms with Crippen LogP contribution in [0.5, 0.6) is 0 Å². The summed E-state index contributed by atoms with van der Waals surface area (Å²) in [6.07, 6.45) is 4.75. The second kappa shape index (κ2) is 7.55. The Kier molecular flexibility index (Phi) is 4.93. The van der Waals surface area contributed by atoms with Gasteiger partial charge >= 0.3 is 6.03 Å². The van der Waals surface area contributed by atoms with Gasteiger partial charge in [-0.2, -0.15) is 0 Å². The van der Waals surface area contributed by atoms with Gasteiger partial charge in [0.05, 0.1) is 28.5 Å². The molecule has 3 heterocycles. The maximum Gasteiger partial charge on any atom is 0.319 e. The molecule has 0 saturated heterocycles. The zero-order valence-corrected chi connectivity index (χ0v) is 19.2. The molecule has 2 aromatic heterocycles. The summed E-state index contributed by atoms with van der Waals surface area (Å²) in [6.45, 7) is 4.23. The van der Waals surface area contributed by atoms with Gasteiger partial charge in [-0.1, -0.05) is 30.9 Å². The van der Waals surface area contributed by atoms with Crippen LogP contribution in [-0.4, -0.2) is 21.5 Å². The fourth-order valence-electron chi connectivity index (χ4n) is 4.99. The first-order valence-corrected chi connectivity index (χ1v) is 11.3. The van der Waals surface area contributed by atoms with Crippen molar-refractivity contribution >= 4 is 40.2 Å². The summed E-state index contributed by atoms with van der Waals surface area (Å²) in [5, 5.41) is 10.0. The van der Waals surface area contributed by atoms with Crippen molar-refractivity contribution in [2.45, 2.75) is 58.0 Å². The Morgan fingerprint density at radius 2 is 2.03 bits per heavy atom. The molecule has 0 radical (unpaired) electrons. The summed E-state index contributed by atoms with van der Waals surface area (Å²) in [7, 11) is 1.93. The summed E-state index contributed by atoms with van der Waals surface area (Å²) in [6, 6.07) is 3.19. The van der Waals surface area contributed by atoms with E-state index in [0.717, 1.165) is 60.3 Å². The van der Waals surface area contributed by atoms with Crippen LogP contribution in [0, 0.1) is 13.8 Å². The van der Waals surface area contributed by atoms with Gasteiger partial charge in [-0.15, -0.1) is 0 Å². The Labute approximate surface area is 190 Å². The minimum atomic E-state index is -0.535. The van der Waals surface area contributed by atoms with Crippen LogP contribution < -0.4 is 16.0 Å². The SMILES string of the molecule is Cc1nc(CNC(=O)c2cc3cc(Cl)c4c(c3o2)C2(CCCCC2)NC(=O)N4)n(C)c1C. The van der Waals surface area contributed by atoms with Gasteiger partial charge in [-0.05, 0) is 38.8 Å². The zero-order valence-electron chi connectivity index (χ0n) is 18.4. The number of fused-ring (bicyclic) bond motifs is 4. The highest BCUT2D eigenvalue weighted by Crippen LogP contribution is 2.48. The van der Waals surface area contributed by atoms with Crippen molar-refractivity contribution < 1.29 is 14.0 Å². The van der Waals surface area contributed by atoms with Crippen molar-refractivity contribution in [3.05, 3.63) is 45.7 Å². The Balaban J connectivity index is 1.51. The third kappa shape index (κ3) is 3.24. The lowest BCUT2D eigenvalue weighted by molar-refractivity contribution is 0.0923. The summed E-state index contributed by atoms with van der Waals surface area (Å²) in [5.74, 6) is 0.655. The highest BCUT2D eigenvalue weighted by Gasteiger charge is 2.43. The average molecular weight is 456 g/mol. The number of halogens is 1. The normalized spacial score (nSPS) is 17.2. The van der Waals surface area contributed by atoms with Gasteiger partial charge in [0.2, 0.25) is 0 Å². The first-order chi connectivity index (χ1) is 15.3. The second-order valence-electron chi connectivity index (χ2n) is 8.80. The number of carbonyl (C=O) groups excluding carboxylic acids is 2. The Hall–Kier alpha value is -3.00. The first kappa shape index (κ1) is 20.9. The summed E-state index contributed by atoms with van der Waals surface area (Å²) in [4.78, 5) is 29.8. The number of hydrogen-bond acceptors (Lipinski definition) is 4. The molecule has 1 spiro atoms. The molecule has 3 N–H and O–H groups in total. The number of urea groups is 1. The number of imidazole rings is 1. The van der Waals surface area contributed by atoms with Gasteiger partial charge in [0.15, 0.2) is 5.76 Å². The van der Waals surface area contributed by atoms with Crippen LogP contribution in [0.25, 0.3) is 11.0 Å². The standard InChI is InChI=1S/C23H26ClN5O3/c1-12-13(2)29(3)17(26-12)11-25-21(30)16-10-14-9-15(24)19-18(20(14)32-16)23(28-22(31)27-19)7-5-4-6-8-23/h9-10H,4-8,11H2,1-3H3,(H,25,30)(H2,27,28,31). The molecule has 1 aromatic carbocycles. The molecule has 0 unspecified atom stereocenters. The van der Waals surface area contributed by atoms with Crippen LogP contribution in [-0.2, 0) is 19.1 Å². The monoisotopic (exact) mass is 455 g/mol. The largest absolute Gasteiger partial charge is 0.450 e. The van der Waals surface area contributed by atoms with E-state index in [4.69, 9.17) is 16.0 Å². The van der Waals surface area contributed by atoms with Crippen LogP contribution in [0.15, 0.2) is 16.5 Å². The van der Waals surface area contributed by atoms with Crippen molar-refractivity contribution in [3.8, 4) is 0 Å². The van der Waals surface area contributed by atoms with E-state index in [1.165, 1.54) is 0 Å². The van der Waals surface area contributed by atoms with Crippen molar-refractivity contribution in [2.75, 3.05) is 5.32 Å². The van der Waals surface area contributed by atoms with E-state index in [2.05, 4.69) is 20.9 Å². The third-order valence-electron chi connectivity index (χ3n) is 6.88. The predicted octanol–water partition coefficient (Wildman–Crippen LogP) is 4.66. The van der Waals surface area contributed by atoms with E-state index in [0.29, 0.717) is 22.8 Å². The Morgan fingerprint density at radius 3 is 2.72 bits per heavy atom. The summed E-state index contributed by atoms with van der Waals surface area (Å²) >= 11 is 6.56. The summed E-state index contributed by atoms with van der Waals surface area (Å²) < 4.78 is 8.07. The molecule has 1 aliphatic carbocycles. The fourth-order valence-corrected chi connectivity index (χ4v) is 5.24. The lowest BCUT2D eigenvalue weighted by atomic mass is 9.74. The number of hydrogen-bond donors (Lipinski definition) is 3. The molecule has 1 saturated carbocycles. The van der Waals surface area contributed by atoms with Crippen LogP contribution in [0.2, 0.25) is 5.02 Å². The number of amides is 3. The highest BCUT2D eigenvalue weighted by molar-refractivity contribution is 6.35. The fraction of sp³-hybridized carbons (Fsp3) is 0.435. The Bertz CT molecular complexity index is 1250. The molecule has 168 valence electrons. The first-order valence-electron chi connectivity index (χ1n) is 10.9. The molecule has 2 aliphatic rings. The molecule has 9 heteroatoms. The quantitative estimate of drug-likeness (QED) is 0.534. The number of nitrogens with zero attached hydrogens (tertiary/aromatic N) is 2. The van der Waals surface area contributed by atoms with Crippen molar-refractivity contribution in [3.63, 3.8) is 0 Å². The Morgan fingerprint density at radius 1 is 1.28 bits per heavy atom. The average Bonchev–Trinajstić information content (AvgIpc) is 3.29.